The van der Waals surface area contributed by atoms with Gasteiger partial charge in [-0.1, -0.05) is 30.3 Å². The highest BCUT2D eigenvalue weighted by Crippen LogP contribution is 2.29. The number of aromatic nitrogens is 2. The minimum atomic E-state index is -0.150. The number of para-hydroxylation sites is 1. The number of hydrogen-bond acceptors (Lipinski definition) is 3. The lowest BCUT2D eigenvalue weighted by atomic mass is 10.1. The van der Waals surface area contributed by atoms with Gasteiger partial charge < -0.3 is 15.0 Å². The van der Waals surface area contributed by atoms with Gasteiger partial charge in [-0.25, -0.2) is 4.98 Å². The number of hydrogen-bond donors (Lipinski definition) is 2. The lowest BCUT2D eigenvalue weighted by molar-refractivity contribution is -0.123. The SMILES string of the molecule is CCNC(=O)COc1ccc(-c2ccc3c(c2)[nH]c2ccccc23)cn1. The maximum absolute atomic E-state index is 11.4. The van der Waals surface area contributed by atoms with Crippen molar-refractivity contribution in [2.45, 2.75) is 6.92 Å². The van der Waals surface area contributed by atoms with E-state index in [1.807, 2.05) is 25.1 Å². The van der Waals surface area contributed by atoms with Gasteiger partial charge in [0.1, 0.15) is 0 Å². The molecule has 2 N–H and O–H groups in total. The molecule has 0 fully saturated rings. The first-order valence-corrected chi connectivity index (χ1v) is 8.61. The Morgan fingerprint density at radius 3 is 2.65 bits per heavy atom. The van der Waals surface area contributed by atoms with E-state index >= 15 is 0 Å². The van der Waals surface area contributed by atoms with Crippen LogP contribution >= 0.6 is 0 Å². The van der Waals surface area contributed by atoms with Gasteiger partial charge in [-0.2, -0.15) is 0 Å². The van der Waals surface area contributed by atoms with E-state index in [4.69, 9.17) is 4.74 Å². The maximum Gasteiger partial charge on any atom is 0.257 e. The molecule has 0 unspecified atom stereocenters. The highest BCUT2D eigenvalue weighted by atomic mass is 16.5. The molecule has 5 nitrogen and oxygen atoms in total. The second kappa shape index (κ2) is 6.88. The van der Waals surface area contributed by atoms with E-state index in [2.05, 4.69) is 45.6 Å². The molecule has 26 heavy (non-hydrogen) atoms. The predicted octanol–water partition coefficient (Wildman–Crippen LogP) is 3.90. The van der Waals surface area contributed by atoms with Crippen molar-refractivity contribution < 1.29 is 9.53 Å². The number of ether oxygens (including phenoxy) is 1. The highest BCUT2D eigenvalue weighted by molar-refractivity contribution is 6.08. The Balaban J connectivity index is 1.57. The summed E-state index contributed by atoms with van der Waals surface area (Å²) in [5.74, 6) is 0.286. The third-order valence-corrected chi connectivity index (χ3v) is 4.30. The number of fused-ring (bicyclic) bond motifs is 3. The van der Waals surface area contributed by atoms with E-state index < -0.39 is 0 Å². The van der Waals surface area contributed by atoms with Gasteiger partial charge in [-0.05, 0) is 30.7 Å². The lowest BCUT2D eigenvalue weighted by Gasteiger charge is -2.06. The van der Waals surface area contributed by atoms with Crippen LogP contribution in [0.4, 0.5) is 0 Å². The van der Waals surface area contributed by atoms with Crippen LogP contribution in [0.5, 0.6) is 5.88 Å². The Morgan fingerprint density at radius 1 is 1.04 bits per heavy atom. The minimum absolute atomic E-state index is 0.0266. The van der Waals surface area contributed by atoms with Crippen LogP contribution in [0.3, 0.4) is 0 Å². The first-order chi connectivity index (χ1) is 12.7. The standard InChI is InChI=1S/C21H19N3O2/c1-2-22-20(25)13-26-21-10-8-15(12-23-21)14-7-9-17-16-5-3-4-6-18(16)24-19(17)11-14/h3-12,24H,2,13H2,1H3,(H,22,25). The molecule has 0 aliphatic rings. The molecule has 0 atom stereocenters. The van der Waals surface area contributed by atoms with Crippen LogP contribution in [0.2, 0.25) is 0 Å². The molecule has 5 heteroatoms. The predicted molar refractivity (Wildman–Crippen MR) is 103 cm³/mol. The van der Waals surface area contributed by atoms with E-state index in [1.165, 1.54) is 10.8 Å². The smallest absolute Gasteiger partial charge is 0.257 e. The molecule has 0 aliphatic carbocycles. The normalized spacial score (nSPS) is 11.0. The fraction of sp³-hybridized carbons (Fsp3) is 0.143. The summed E-state index contributed by atoms with van der Waals surface area (Å²) >= 11 is 0. The first kappa shape index (κ1) is 16.1. The third-order valence-electron chi connectivity index (χ3n) is 4.30. The molecule has 4 rings (SSSR count). The third kappa shape index (κ3) is 3.11. The quantitative estimate of drug-likeness (QED) is 0.576. The summed E-state index contributed by atoms with van der Waals surface area (Å²) in [5, 5.41) is 5.12. The molecule has 4 aromatic rings. The summed E-state index contributed by atoms with van der Waals surface area (Å²) in [5.41, 5.74) is 4.30. The van der Waals surface area contributed by atoms with E-state index in [0.29, 0.717) is 12.4 Å². The molecule has 0 aliphatic heterocycles. The molecular formula is C21H19N3O2. The second-order valence-electron chi connectivity index (χ2n) is 6.06. The van der Waals surface area contributed by atoms with Gasteiger partial charge in [0.15, 0.2) is 6.61 Å². The molecule has 0 saturated heterocycles. The zero-order valence-electron chi connectivity index (χ0n) is 14.5. The van der Waals surface area contributed by atoms with Crippen molar-refractivity contribution in [3.8, 4) is 17.0 Å². The van der Waals surface area contributed by atoms with Crippen molar-refractivity contribution in [2.24, 2.45) is 0 Å². The molecule has 2 aromatic heterocycles. The van der Waals surface area contributed by atoms with Gasteiger partial charge in [0.25, 0.3) is 5.91 Å². The number of benzene rings is 2. The Hall–Kier alpha value is -3.34. The second-order valence-corrected chi connectivity index (χ2v) is 6.06. The van der Waals surface area contributed by atoms with Crippen molar-refractivity contribution in [3.63, 3.8) is 0 Å². The van der Waals surface area contributed by atoms with Crippen molar-refractivity contribution in [1.29, 1.82) is 0 Å². The van der Waals surface area contributed by atoms with Crippen LogP contribution in [0.1, 0.15) is 6.92 Å². The first-order valence-electron chi connectivity index (χ1n) is 8.61. The van der Waals surface area contributed by atoms with Gasteiger partial charge in [-0.15, -0.1) is 0 Å². The van der Waals surface area contributed by atoms with Crippen LogP contribution in [0.15, 0.2) is 60.8 Å². The fourth-order valence-electron chi connectivity index (χ4n) is 3.06. The maximum atomic E-state index is 11.4. The number of amides is 1. The Labute approximate surface area is 151 Å². The number of H-pyrrole nitrogens is 1. The van der Waals surface area contributed by atoms with E-state index in [-0.39, 0.29) is 12.5 Å². The summed E-state index contributed by atoms with van der Waals surface area (Å²) in [6, 6.07) is 18.4. The number of rotatable bonds is 5. The van der Waals surface area contributed by atoms with Crippen LogP contribution in [-0.4, -0.2) is 29.0 Å². The van der Waals surface area contributed by atoms with Crippen molar-refractivity contribution in [3.05, 3.63) is 60.8 Å². The Bertz CT molecular complexity index is 1070. The highest BCUT2D eigenvalue weighted by Gasteiger charge is 2.07. The van der Waals surface area contributed by atoms with E-state index in [1.54, 1.807) is 12.3 Å². The average Bonchev–Trinajstić information content (AvgIpc) is 3.05. The molecule has 0 radical (unpaired) electrons. The van der Waals surface area contributed by atoms with Crippen LogP contribution < -0.4 is 10.1 Å². The molecule has 0 spiro atoms. The number of aromatic amines is 1. The summed E-state index contributed by atoms with van der Waals surface area (Å²) in [6.45, 7) is 2.43. The van der Waals surface area contributed by atoms with Crippen LogP contribution in [0, 0.1) is 0 Å². The number of nitrogens with one attached hydrogen (secondary N) is 2. The van der Waals surface area contributed by atoms with Crippen LogP contribution in [0.25, 0.3) is 32.9 Å². The number of carbonyl (C=O) groups excluding carboxylic acids is 1. The number of likely N-dealkylation sites (N-methyl/N-ethyl adjacent to an activating group) is 1. The summed E-state index contributed by atoms with van der Waals surface area (Å²) in [6.07, 6.45) is 1.76. The molecule has 2 aromatic carbocycles. The summed E-state index contributed by atoms with van der Waals surface area (Å²) in [4.78, 5) is 19.2. The largest absolute Gasteiger partial charge is 0.468 e. The van der Waals surface area contributed by atoms with Gasteiger partial charge in [0.05, 0.1) is 0 Å². The Morgan fingerprint density at radius 2 is 1.85 bits per heavy atom. The number of nitrogens with zero attached hydrogens (tertiary/aromatic N) is 1. The molecule has 130 valence electrons. The van der Waals surface area contributed by atoms with Crippen molar-refractivity contribution in [2.75, 3.05) is 13.2 Å². The zero-order valence-corrected chi connectivity index (χ0v) is 14.5. The number of pyridine rings is 1. The van der Waals surface area contributed by atoms with Gasteiger partial charge in [-0.3, -0.25) is 4.79 Å². The number of carbonyl (C=O) groups is 1. The molecular weight excluding hydrogens is 326 g/mol. The van der Waals surface area contributed by atoms with Crippen molar-refractivity contribution in [1.82, 2.24) is 15.3 Å². The van der Waals surface area contributed by atoms with E-state index in [0.717, 1.165) is 22.2 Å². The van der Waals surface area contributed by atoms with Gasteiger partial charge in [0.2, 0.25) is 5.88 Å². The fourth-order valence-corrected chi connectivity index (χ4v) is 3.06. The summed E-state index contributed by atoms with van der Waals surface area (Å²) in [7, 11) is 0. The molecule has 0 saturated carbocycles. The average molecular weight is 345 g/mol. The molecule has 1 amide bonds. The topological polar surface area (TPSA) is 67.0 Å². The van der Waals surface area contributed by atoms with Gasteiger partial charge in [0, 0.05) is 46.2 Å². The Kier molecular flexibility index (Phi) is 4.27. The lowest BCUT2D eigenvalue weighted by Crippen LogP contribution is -2.28. The molecule has 0 bridgehead atoms. The van der Waals surface area contributed by atoms with Gasteiger partial charge >= 0.3 is 0 Å². The van der Waals surface area contributed by atoms with Crippen molar-refractivity contribution >= 4 is 27.7 Å². The zero-order chi connectivity index (χ0) is 17.9. The minimum Gasteiger partial charge on any atom is -0.468 e. The monoisotopic (exact) mass is 345 g/mol. The van der Waals surface area contributed by atoms with Crippen LogP contribution in [-0.2, 0) is 4.79 Å². The molecule has 2 heterocycles. The van der Waals surface area contributed by atoms with E-state index in [9.17, 15) is 4.79 Å². The summed E-state index contributed by atoms with van der Waals surface area (Å²) < 4.78 is 5.39.